The van der Waals surface area contributed by atoms with Crippen molar-refractivity contribution in [2.45, 2.75) is 26.1 Å². The van der Waals surface area contributed by atoms with Gasteiger partial charge in [0.05, 0.1) is 17.5 Å². The first-order chi connectivity index (χ1) is 14.1. The summed E-state index contributed by atoms with van der Waals surface area (Å²) in [4.78, 5) is 14.3. The monoisotopic (exact) mass is 480 g/mol. The number of phenolic OH excluding ortho intramolecular Hbond substituents is 1. The molecule has 158 valence electrons. The van der Waals surface area contributed by atoms with Crippen LogP contribution in [0.25, 0.3) is 10.9 Å². The van der Waals surface area contributed by atoms with Gasteiger partial charge in [-0.05, 0) is 44.2 Å². The Balaban J connectivity index is 2.19. The van der Waals surface area contributed by atoms with Crippen molar-refractivity contribution in [3.63, 3.8) is 0 Å². The molecule has 1 heterocycles. The van der Waals surface area contributed by atoms with E-state index in [0.29, 0.717) is 26.6 Å². The van der Waals surface area contributed by atoms with E-state index < -0.39 is 18.1 Å². The molecule has 0 radical (unpaired) electrons. The normalized spacial score (nSPS) is 13.7. The second kappa shape index (κ2) is 8.55. The number of phenols is 1. The largest absolute Gasteiger partial charge is 0.508 e. The van der Waals surface area contributed by atoms with Gasteiger partial charge < -0.3 is 15.4 Å². The fraction of sp³-hybridized carbons (Fsp3) is 0.227. The lowest BCUT2D eigenvalue weighted by molar-refractivity contribution is -0.165. The number of anilines is 1. The third-order valence-corrected chi connectivity index (χ3v) is 5.15. The van der Waals surface area contributed by atoms with Crippen LogP contribution >= 0.6 is 15.9 Å². The van der Waals surface area contributed by atoms with Gasteiger partial charge >= 0.3 is 6.18 Å². The number of aromatic hydroxyl groups is 1. The number of hydrogen-bond acceptors (Lipinski definition) is 3. The number of rotatable bonds is 5. The van der Waals surface area contributed by atoms with Gasteiger partial charge in [-0.25, -0.2) is 0 Å². The topological polar surface area (TPSA) is 65.1 Å². The van der Waals surface area contributed by atoms with Crippen molar-refractivity contribution in [1.29, 1.82) is 0 Å². The lowest BCUT2D eigenvalue weighted by atomic mass is 9.89. The number of aromatic amines is 1. The highest BCUT2D eigenvalue weighted by atomic mass is 79.9. The van der Waals surface area contributed by atoms with Gasteiger partial charge in [-0.2, -0.15) is 13.2 Å². The summed E-state index contributed by atoms with van der Waals surface area (Å²) in [5.41, 5.74) is 1.21. The summed E-state index contributed by atoms with van der Waals surface area (Å²) in [5.74, 6) is -2.15. The second-order valence-corrected chi connectivity index (χ2v) is 8.14. The van der Waals surface area contributed by atoms with Crippen LogP contribution in [0.1, 0.15) is 25.5 Å². The molecule has 0 amide bonds. The van der Waals surface area contributed by atoms with Gasteiger partial charge in [0.25, 0.3) is 0 Å². The van der Waals surface area contributed by atoms with E-state index in [4.69, 9.17) is 0 Å². The molecule has 0 bridgehead atoms. The molecule has 2 aromatic carbocycles. The zero-order valence-corrected chi connectivity index (χ0v) is 17.8. The number of fused-ring (bicyclic) bond motifs is 1. The molecule has 0 spiro atoms. The third-order valence-electron chi connectivity index (χ3n) is 4.65. The van der Waals surface area contributed by atoms with Gasteiger partial charge in [0.1, 0.15) is 5.75 Å². The predicted octanol–water partition coefficient (Wildman–Crippen LogP) is 6.29. The molecular formula is C22H20BrF3N2O2. The first-order valence-electron chi connectivity index (χ1n) is 9.15. The lowest BCUT2D eigenvalue weighted by Gasteiger charge is -2.30. The molecule has 3 aromatic rings. The van der Waals surface area contributed by atoms with Gasteiger partial charge in [0, 0.05) is 27.2 Å². The smallest absolute Gasteiger partial charge is 0.397 e. The fourth-order valence-electron chi connectivity index (χ4n) is 3.36. The van der Waals surface area contributed by atoms with Gasteiger partial charge in [-0.1, -0.05) is 39.7 Å². The van der Waals surface area contributed by atoms with Crippen molar-refractivity contribution in [3.05, 3.63) is 80.6 Å². The molecule has 0 saturated heterocycles. The summed E-state index contributed by atoms with van der Waals surface area (Å²) in [5, 5.41) is 14.0. The molecule has 2 unspecified atom stereocenters. The van der Waals surface area contributed by atoms with Crippen LogP contribution in [0.3, 0.4) is 0 Å². The first-order valence-corrected chi connectivity index (χ1v) is 9.94. The molecular weight excluding hydrogens is 461 g/mol. The Bertz CT molecular complexity index is 1150. The Kier molecular flexibility index (Phi) is 6.26. The van der Waals surface area contributed by atoms with Gasteiger partial charge in [-0.3, -0.25) is 4.79 Å². The molecule has 0 aliphatic carbocycles. The van der Waals surface area contributed by atoms with Crippen LogP contribution in [0, 0.1) is 5.92 Å². The van der Waals surface area contributed by atoms with Gasteiger partial charge in [0.2, 0.25) is 5.56 Å². The fourth-order valence-corrected chi connectivity index (χ4v) is 3.71. The first kappa shape index (κ1) is 22.0. The zero-order chi connectivity index (χ0) is 22.1. The summed E-state index contributed by atoms with van der Waals surface area (Å²) < 4.78 is 42.8. The highest BCUT2D eigenvalue weighted by Crippen LogP contribution is 2.43. The van der Waals surface area contributed by atoms with Crippen LogP contribution in [0.4, 0.5) is 18.9 Å². The zero-order valence-electron chi connectivity index (χ0n) is 16.2. The van der Waals surface area contributed by atoms with Crippen molar-refractivity contribution in [1.82, 2.24) is 4.98 Å². The van der Waals surface area contributed by atoms with Crippen molar-refractivity contribution >= 4 is 32.5 Å². The molecule has 0 aliphatic rings. The number of H-pyrrole nitrogens is 1. The molecule has 8 heteroatoms. The van der Waals surface area contributed by atoms with Crippen molar-refractivity contribution in [2.75, 3.05) is 5.32 Å². The third kappa shape index (κ3) is 4.87. The van der Waals surface area contributed by atoms with E-state index in [1.54, 1.807) is 44.2 Å². The maximum Gasteiger partial charge on any atom is 0.397 e. The number of hydrogen-bond donors (Lipinski definition) is 3. The molecule has 2 atom stereocenters. The van der Waals surface area contributed by atoms with Crippen molar-refractivity contribution in [2.24, 2.45) is 5.92 Å². The standard InChI is InChI=1S/C22H20BrF3N2O2/c1-12(2)10-16(22(24,25)26)21(15-7-6-13(23)11-19(15)29)28-18-5-3-4-17-14(18)8-9-20(30)27-17/h3-11,16,21,28-29H,1-2H3,(H,27,30). The van der Waals surface area contributed by atoms with Crippen LogP contribution in [0.2, 0.25) is 0 Å². The van der Waals surface area contributed by atoms with Crippen LogP contribution in [-0.2, 0) is 0 Å². The molecule has 0 aliphatic heterocycles. The Morgan fingerprint density at radius 3 is 2.53 bits per heavy atom. The maximum atomic E-state index is 14.1. The molecule has 0 fully saturated rings. The Labute approximate surface area is 179 Å². The number of aromatic nitrogens is 1. The van der Waals surface area contributed by atoms with E-state index in [1.165, 1.54) is 18.2 Å². The van der Waals surface area contributed by atoms with Crippen molar-refractivity contribution < 1.29 is 18.3 Å². The van der Waals surface area contributed by atoms with Crippen LogP contribution in [-0.4, -0.2) is 16.3 Å². The SMILES string of the molecule is CC(C)=CC(C(Nc1cccc2[nH]c(=O)ccc12)c1ccc(Br)cc1O)C(F)(F)F. The molecule has 1 aromatic heterocycles. The summed E-state index contributed by atoms with van der Waals surface area (Å²) in [6.45, 7) is 3.19. The Hall–Kier alpha value is -2.74. The van der Waals surface area contributed by atoms with E-state index >= 15 is 0 Å². The molecule has 4 nitrogen and oxygen atoms in total. The molecule has 3 N–H and O–H groups in total. The molecule has 3 rings (SSSR count). The lowest BCUT2D eigenvalue weighted by Crippen LogP contribution is -2.32. The minimum absolute atomic E-state index is 0.111. The minimum Gasteiger partial charge on any atom is -0.508 e. The summed E-state index contributed by atoms with van der Waals surface area (Å²) >= 11 is 3.22. The maximum absolute atomic E-state index is 14.1. The molecule has 30 heavy (non-hydrogen) atoms. The highest BCUT2D eigenvalue weighted by molar-refractivity contribution is 9.10. The Morgan fingerprint density at radius 2 is 1.90 bits per heavy atom. The predicted molar refractivity (Wildman–Crippen MR) is 116 cm³/mol. The van der Waals surface area contributed by atoms with Gasteiger partial charge in [0.15, 0.2) is 0 Å². The van der Waals surface area contributed by atoms with Crippen LogP contribution in [0.5, 0.6) is 5.75 Å². The quantitative estimate of drug-likeness (QED) is 0.375. The summed E-state index contributed by atoms with van der Waals surface area (Å²) in [6.07, 6.45) is -3.42. The number of benzene rings is 2. The van der Waals surface area contributed by atoms with E-state index in [2.05, 4.69) is 26.2 Å². The number of alkyl halides is 3. The number of pyridine rings is 1. The van der Waals surface area contributed by atoms with E-state index in [-0.39, 0.29) is 16.9 Å². The van der Waals surface area contributed by atoms with Crippen molar-refractivity contribution in [3.8, 4) is 5.75 Å². The van der Waals surface area contributed by atoms with Crippen LogP contribution < -0.4 is 10.9 Å². The summed E-state index contributed by atoms with van der Waals surface area (Å²) in [7, 11) is 0. The number of halogens is 4. The summed E-state index contributed by atoms with van der Waals surface area (Å²) in [6, 6.07) is 10.9. The van der Waals surface area contributed by atoms with E-state index in [0.717, 1.165) is 6.08 Å². The van der Waals surface area contributed by atoms with E-state index in [9.17, 15) is 23.1 Å². The number of allylic oxidation sites excluding steroid dienone is 1. The average Bonchev–Trinajstić information content (AvgIpc) is 2.63. The van der Waals surface area contributed by atoms with E-state index in [1.807, 2.05) is 0 Å². The molecule has 0 saturated carbocycles. The number of nitrogens with one attached hydrogen (secondary N) is 2. The minimum atomic E-state index is -4.56. The second-order valence-electron chi connectivity index (χ2n) is 7.23. The average molecular weight is 481 g/mol. The highest BCUT2D eigenvalue weighted by Gasteiger charge is 2.44. The Morgan fingerprint density at radius 1 is 1.17 bits per heavy atom. The van der Waals surface area contributed by atoms with Gasteiger partial charge in [-0.15, -0.1) is 0 Å². The van der Waals surface area contributed by atoms with Crippen LogP contribution in [0.15, 0.2) is 69.4 Å².